The van der Waals surface area contributed by atoms with Crippen molar-refractivity contribution in [3.05, 3.63) is 53.1 Å². The highest BCUT2D eigenvalue weighted by Crippen LogP contribution is 2.21. The van der Waals surface area contributed by atoms with Crippen LogP contribution in [0.25, 0.3) is 0 Å². The van der Waals surface area contributed by atoms with Crippen molar-refractivity contribution in [3.8, 4) is 5.75 Å². The lowest BCUT2D eigenvalue weighted by Crippen LogP contribution is -2.28. The van der Waals surface area contributed by atoms with Gasteiger partial charge >= 0.3 is 0 Å². The molecule has 1 aromatic carbocycles. The number of ether oxygens (including phenoxy) is 2. The molecular weight excluding hydrogens is 294 g/mol. The number of rotatable bonds is 5. The predicted octanol–water partition coefficient (Wildman–Crippen LogP) is 1.56. The summed E-state index contributed by atoms with van der Waals surface area (Å²) in [5.74, 6) is 1.56. The Balaban J connectivity index is 1.70. The third-order valence-corrected chi connectivity index (χ3v) is 3.85. The third-order valence-electron chi connectivity index (χ3n) is 3.85. The van der Waals surface area contributed by atoms with Crippen LogP contribution in [0.4, 0.5) is 0 Å². The Hall–Kier alpha value is -2.47. The van der Waals surface area contributed by atoms with Crippen LogP contribution in [0.15, 0.2) is 30.5 Å². The van der Waals surface area contributed by atoms with Crippen molar-refractivity contribution < 1.29 is 14.3 Å². The van der Waals surface area contributed by atoms with Crippen LogP contribution in [0.3, 0.4) is 0 Å². The van der Waals surface area contributed by atoms with E-state index in [1.54, 1.807) is 12.0 Å². The minimum Gasteiger partial charge on any atom is -0.497 e. The van der Waals surface area contributed by atoms with Gasteiger partial charge in [-0.2, -0.15) is 0 Å². The van der Waals surface area contributed by atoms with Crippen molar-refractivity contribution >= 4 is 5.91 Å². The van der Waals surface area contributed by atoms with E-state index in [4.69, 9.17) is 9.47 Å². The number of fused-ring (bicyclic) bond motifs is 1. The summed E-state index contributed by atoms with van der Waals surface area (Å²) in [5.41, 5.74) is 3.05. The summed E-state index contributed by atoms with van der Waals surface area (Å²) in [7, 11) is 3.17. The van der Waals surface area contributed by atoms with Crippen molar-refractivity contribution in [2.24, 2.45) is 0 Å². The lowest BCUT2D eigenvalue weighted by atomic mass is 10.1. The molecule has 1 aliphatic rings. The summed E-state index contributed by atoms with van der Waals surface area (Å²) in [6.07, 6.45) is 2.48. The minimum atomic E-state index is -0.0257. The van der Waals surface area contributed by atoms with E-state index in [-0.39, 0.29) is 12.5 Å². The van der Waals surface area contributed by atoms with Crippen molar-refractivity contribution in [2.45, 2.75) is 19.5 Å². The van der Waals surface area contributed by atoms with Crippen LogP contribution in [0.2, 0.25) is 0 Å². The molecule has 0 unspecified atom stereocenters. The second-order valence-corrected chi connectivity index (χ2v) is 5.47. The van der Waals surface area contributed by atoms with Crippen molar-refractivity contribution in [1.29, 1.82) is 0 Å². The van der Waals surface area contributed by atoms with E-state index in [2.05, 4.69) is 9.97 Å². The van der Waals surface area contributed by atoms with Gasteiger partial charge in [0.05, 0.1) is 19.3 Å². The molecule has 3 rings (SSSR count). The van der Waals surface area contributed by atoms with E-state index in [0.717, 1.165) is 28.4 Å². The number of aromatic nitrogens is 2. The highest BCUT2D eigenvalue weighted by Gasteiger charge is 2.24. The summed E-state index contributed by atoms with van der Waals surface area (Å²) in [6, 6.07) is 7.86. The van der Waals surface area contributed by atoms with Crippen LogP contribution in [0.5, 0.6) is 5.75 Å². The van der Waals surface area contributed by atoms with E-state index < -0.39 is 0 Å². The van der Waals surface area contributed by atoms with Crippen LogP contribution < -0.4 is 4.74 Å². The molecular formula is C17H19N3O3. The molecule has 6 nitrogen and oxygen atoms in total. The van der Waals surface area contributed by atoms with Crippen LogP contribution >= 0.6 is 0 Å². The second kappa shape index (κ2) is 6.75. The van der Waals surface area contributed by atoms with Gasteiger partial charge in [-0.1, -0.05) is 12.1 Å². The van der Waals surface area contributed by atoms with Crippen molar-refractivity contribution in [2.75, 3.05) is 20.8 Å². The zero-order valence-electron chi connectivity index (χ0n) is 13.3. The molecule has 0 saturated heterocycles. The zero-order chi connectivity index (χ0) is 16.2. The van der Waals surface area contributed by atoms with Gasteiger partial charge in [-0.15, -0.1) is 0 Å². The topological polar surface area (TPSA) is 64.5 Å². The summed E-state index contributed by atoms with van der Waals surface area (Å²) >= 11 is 0. The van der Waals surface area contributed by atoms with Gasteiger partial charge in [-0.3, -0.25) is 4.79 Å². The normalized spacial score (nSPS) is 13.0. The van der Waals surface area contributed by atoms with Gasteiger partial charge in [0.15, 0.2) is 0 Å². The summed E-state index contributed by atoms with van der Waals surface area (Å²) in [6.45, 7) is 1.18. The molecule has 0 radical (unpaired) electrons. The fourth-order valence-electron chi connectivity index (χ4n) is 2.60. The number of amides is 1. The molecule has 1 aliphatic heterocycles. The van der Waals surface area contributed by atoms with Crippen LogP contribution in [-0.4, -0.2) is 41.6 Å². The Morgan fingerprint density at radius 3 is 2.70 bits per heavy atom. The van der Waals surface area contributed by atoms with E-state index in [9.17, 15) is 4.79 Å². The fourth-order valence-corrected chi connectivity index (χ4v) is 2.60. The molecule has 6 heteroatoms. The van der Waals surface area contributed by atoms with Gasteiger partial charge < -0.3 is 14.4 Å². The maximum absolute atomic E-state index is 11.9. The molecule has 0 saturated carbocycles. The highest BCUT2D eigenvalue weighted by atomic mass is 16.5. The maximum atomic E-state index is 11.9. The first-order chi connectivity index (χ1) is 11.2. The second-order valence-electron chi connectivity index (χ2n) is 5.47. The van der Waals surface area contributed by atoms with Gasteiger partial charge in [0, 0.05) is 31.8 Å². The summed E-state index contributed by atoms with van der Waals surface area (Å²) in [4.78, 5) is 22.7. The molecule has 0 bridgehead atoms. The smallest absolute Gasteiger partial charge is 0.249 e. The van der Waals surface area contributed by atoms with Crippen molar-refractivity contribution in [1.82, 2.24) is 14.9 Å². The Bertz CT molecular complexity index is 701. The fraction of sp³-hybridized carbons (Fsp3) is 0.353. The highest BCUT2D eigenvalue weighted by molar-refractivity contribution is 5.78. The molecule has 1 aromatic heterocycles. The lowest BCUT2D eigenvalue weighted by Gasteiger charge is -2.13. The summed E-state index contributed by atoms with van der Waals surface area (Å²) < 4.78 is 10.1. The predicted molar refractivity (Wildman–Crippen MR) is 84.0 cm³/mol. The standard InChI is InChI=1S/C17H19N3O3/c1-22-11-17(21)20-9-13-8-18-16(19-15(13)10-20)7-12-3-5-14(23-2)6-4-12/h3-6,8H,7,9-11H2,1-2H3. The largest absolute Gasteiger partial charge is 0.497 e. The first-order valence-corrected chi connectivity index (χ1v) is 7.43. The molecule has 0 fully saturated rings. The molecule has 23 heavy (non-hydrogen) atoms. The first kappa shape index (κ1) is 15.4. The lowest BCUT2D eigenvalue weighted by molar-refractivity contribution is -0.135. The number of hydrogen-bond donors (Lipinski definition) is 0. The quantitative estimate of drug-likeness (QED) is 0.838. The number of nitrogens with zero attached hydrogens (tertiary/aromatic N) is 3. The van der Waals surface area contributed by atoms with Gasteiger partial charge in [0.25, 0.3) is 0 Å². The molecule has 0 atom stereocenters. The third kappa shape index (κ3) is 3.48. The van der Waals surface area contributed by atoms with Gasteiger partial charge in [-0.05, 0) is 17.7 Å². The first-order valence-electron chi connectivity index (χ1n) is 7.43. The van der Waals surface area contributed by atoms with E-state index in [0.29, 0.717) is 19.5 Å². The number of carbonyl (C=O) groups excluding carboxylic acids is 1. The molecule has 0 N–H and O–H groups in total. The van der Waals surface area contributed by atoms with Gasteiger partial charge in [0.1, 0.15) is 18.2 Å². The average Bonchev–Trinajstić information content (AvgIpc) is 2.99. The van der Waals surface area contributed by atoms with Crippen LogP contribution in [0.1, 0.15) is 22.6 Å². The zero-order valence-corrected chi connectivity index (χ0v) is 13.3. The van der Waals surface area contributed by atoms with Crippen LogP contribution in [-0.2, 0) is 29.0 Å². The maximum Gasteiger partial charge on any atom is 0.249 e. The number of benzene rings is 1. The SMILES string of the molecule is COCC(=O)N1Cc2cnc(Cc3ccc(OC)cc3)nc2C1. The Labute approximate surface area is 135 Å². The Morgan fingerprint density at radius 2 is 2.00 bits per heavy atom. The molecule has 2 heterocycles. The number of hydrogen-bond acceptors (Lipinski definition) is 5. The van der Waals surface area contributed by atoms with Crippen molar-refractivity contribution in [3.63, 3.8) is 0 Å². The number of carbonyl (C=O) groups is 1. The molecule has 0 spiro atoms. The van der Waals surface area contributed by atoms with Gasteiger partial charge in [0.2, 0.25) is 5.91 Å². The Morgan fingerprint density at radius 1 is 1.22 bits per heavy atom. The van der Waals surface area contributed by atoms with E-state index in [1.807, 2.05) is 30.5 Å². The van der Waals surface area contributed by atoms with E-state index >= 15 is 0 Å². The minimum absolute atomic E-state index is 0.0257. The molecule has 1 amide bonds. The number of methoxy groups -OCH3 is 2. The van der Waals surface area contributed by atoms with Gasteiger partial charge in [-0.25, -0.2) is 9.97 Å². The molecule has 0 aliphatic carbocycles. The Kier molecular flexibility index (Phi) is 4.52. The van der Waals surface area contributed by atoms with E-state index in [1.165, 1.54) is 7.11 Å². The monoisotopic (exact) mass is 313 g/mol. The average molecular weight is 313 g/mol. The molecule has 120 valence electrons. The van der Waals surface area contributed by atoms with Crippen LogP contribution in [0, 0.1) is 0 Å². The summed E-state index contributed by atoms with van der Waals surface area (Å²) in [5, 5.41) is 0. The molecule has 2 aromatic rings.